The number of amides is 2. The largest absolute Gasteiger partial charge is 0.353 e. The summed E-state index contributed by atoms with van der Waals surface area (Å²) in [5.74, 6) is -0.201. The van der Waals surface area contributed by atoms with Gasteiger partial charge in [0, 0.05) is 43.6 Å². The van der Waals surface area contributed by atoms with Gasteiger partial charge in [0.05, 0.1) is 13.1 Å². The van der Waals surface area contributed by atoms with E-state index in [9.17, 15) is 9.59 Å². The first kappa shape index (κ1) is 17.2. The lowest BCUT2D eigenvalue weighted by Gasteiger charge is -2.26. The maximum Gasteiger partial charge on any atom is 0.254 e. The second kappa shape index (κ2) is 7.94. The van der Waals surface area contributed by atoms with Crippen molar-refractivity contribution in [2.75, 3.05) is 19.6 Å². The Labute approximate surface area is 147 Å². The molecule has 2 N–H and O–H groups in total. The number of carbonyl (C=O) groups excluding carboxylic acids is 2. The van der Waals surface area contributed by atoms with E-state index in [4.69, 9.17) is 0 Å². The fourth-order valence-electron chi connectivity index (χ4n) is 2.81. The van der Waals surface area contributed by atoms with Crippen LogP contribution >= 0.6 is 0 Å². The number of nitrogens with one attached hydrogen (secondary N) is 2. The van der Waals surface area contributed by atoms with Crippen LogP contribution in [-0.2, 0) is 17.9 Å². The molecule has 3 rings (SSSR count). The van der Waals surface area contributed by atoms with Gasteiger partial charge >= 0.3 is 0 Å². The van der Waals surface area contributed by atoms with Crippen LogP contribution in [0.25, 0.3) is 0 Å². The fraction of sp³-hybridized carbons (Fsp3) is 0.389. The number of hydrogen-bond acceptors (Lipinski definition) is 4. The third-order valence-corrected chi connectivity index (χ3v) is 4.20. The topological polar surface area (TPSA) is 79.3 Å². The summed E-state index contributed by atoms with van der Waals surface area (Å²) in [6.07, 6.45) is 3.72. The highest BCUT2D eigenvalue weighted by atomic mass is 16.2. The SMILES string of the molecule is CC(Cn1cccn1)NCc1ccc(C(=O)N2CCNC(=O)C2)cc1. The minimum Gasteiger partial charge on any atom is -0.353 e. The lowest BCUT2D eigenvalue weighted by molar-refractivity contribution is -0.123. The number of rotatable bonds is 6. The molecule has 1 unspecified atom stereocenters. The van der Waals surface area contributed by atoms with Crippen LogP contribution in [-0.4, -0.2) is 52.2 Å². The van der Waals surface area contributed by atoms with E-state index in [2.05, 4.69) is 22.7 Å². The molecular formula is C18H23N5O2. The van der Waals surface area contributed by atoms with Crippen LogP contribution in [0.15, 0.2) is 42.7 Å². The van der Waals surface area contributed by atoms with Crippen molar-refractivity contribution in [2.45, 2.75) is 26.1 Å². The average molecular weight is 341 g/mol. The van der Waals surface area contributed by atoms with Crippen LogP contribution in [0.4, 0.5) is 0 Å². The Kier molecular flexibility index (Phi) is 5.45. The predicted octanol–water partition coefficient (Wildman–Crippen LogP) is 0.633. The molecule has 2 aromatic rings. The summed E-state index contributed by atoms with van der Waals surface area (Å²) >= 11 is 0. The van der Waals surface area contributed by atoms with E-state index < -0.39 is 0 Å². The average Bonchev–Trinajstić information content (AvgIpc) is 3.13. The minimum absolute atomic E-state index is 0.0959. The molecule has 7 nitrogen and oxygen atoms in total. The van der Waals surface area contributed by atoms with Gasteiger partial charge in [0.1, 0.15) is 0 Å². The van der Waals surface area contributed by atoms with Gasteiger partial charge in [0.2, 0.25) is 5.91 Å². The second-order valence-electron chi connectivity index (χ2n) is 6.28. The van der Waals surface area contributed by atoms with E-state index >= 15 is 0 Å². The van der Waals surface area contributed by atoms with Crippen molar-refractivity contribution in [1.29, 1.82) is 0 Å². The Balaban J connectivity index is 1.51. The summed E-state index contributed by atoms with van der Waals surface area (Å²) < 4.78 is 1.90. The first-order valence-corrected chi connectivity index (χ1v) is 8.47. The third-order valence-electron chi connectivity index (χ3n) is 4.20. The van der Waals surface area contributed by atoms with Gasteiger partial charge in [0.25, 0.3) is 5.91 Å². The Bertz CT molecular complexity index is 712. The highest BCUT2D eigenvalue weighted by Crippen LogP contribution is 2.09. The molecule has 1 saturated heterocycles. The standard InChI is InChI=1S/C18H23N5O2/c1-14(12-23-9-2-7-21-23)20-11-15-3-5-16(6-4-15)18(25)22-10-8-19-17(24)13-22/h2-7,9,14,20H,8,10-13H2,1H3,(H,19,24). The minimum atomic E-state index is -0.105. The van der Waals surface area contributed by atoms with Crippen LogP contribution in [0.3, 0.4) is 0 Å². The quantitative estimate of drug-likeness (QED) is 0.808. The lowest BCUT2D eigenvalue weighted by Crippen LogP contribution is -2.49. The molecule has 1 atom stereocenters. The van der Waals surface area contributed by atoms with E-state index in [0.29, 0.717) is 18.7 Å². The number of aromatic nitrogens is 2. The van der Waals surface area contributed by atoms with Crippen molar-refractivity contribution in [2.24, 2.45) is 0 Å². The molecule has 2 amide bonds. The molecule has 1 fully saturated rings. The van der Waals surface area contributed by atoms with Crippen molar-refractivity contribution >= 4 is 11.8 Å². The van der Waals surface area contributed by atoms with Crippen molar-refractivity contribution in [3.63, 3.8) is 0 Å². The first-order chi connectivity index (χ1) is 12.1. The molecule has 0 radical (unpaired) electrons. The smallest absolute Gasteiger partial charge is 0.254 e. The molecule has 25 heavy (non-hydrogen) atoms. The number of hydrogen-bond donors (Lipinski definition) is 2. The van der Waals surface area contributed by atoms with E-state index in [1.165, 1.54) is 0 Å². The summed E-state index contributed by atoms with van der Waals surface area (Å²) in [6, 6.07) is 9.74. The van der Waals surface area contributed by atoms with E-state index in [-0.39, 0.29) is 24.4 Å². The molecule has 132 valence electrons. The van der Waals surface area contributed by atoms with Gasteiger partial charge in [-0.1, -0.05) is 12.1 Å². The third kappa shape index (κ3) is 4.67. The van der Waals surface area contributed by atoms with Gasteiger partial charge in [0.15, 0.2) is 0 Å². The molecular weight excluding hydrogens is 318 g/mol. The van der Waals surface area contributed by atoms with Gasteiger partial charge in [-0.2, -0.15) is 5.10 Å². The molecule has 0 spiro atoms. The maximum atomic E-state index is 12.4. The Morgan fingerprint density at radius 3 is 2.84 bits per heavy atom. The molecule has 1 aromatic heterocycles. The second-order valence-corrected chi connectivity index (χ2v) is 6.28. The summed E-state index contributed by atoms with van der Waals surface area (Å²) in [5, 5.41) is 10.4. The number of nitrogens with zero attached hydrogens (tertiary/aromatic N) is 3. The lowest BCUT2D eigenvalue weighted by atomic mass is 10.1. The molecule has 0 bridgehead atoms. The molecule has 1 aliphatic rings. The van der Waals surface area contributed by atoms with Crippen LogP contribution in [0, 0.1) is 0 Å². The fourth-order valence-corrected chi connectivity index (χ4v) is 2.81. The Hall–Kier alpha value is -2.67. The van der Waals surface area contributed by atoms with E-state index in [1.54, 1.807) is 11.1 Å². The molecule has 2 heterocycles. The van der Waals surface area contributed by atoms with Gasteiger partial charge < -0.3 is 15.5 Å². The highest BCUT2D eigenvalue weighted by molar-refractivity contribution is 5.97. The first-order valence-electron chi connectivity index (χ1n) is 8.47. The molecule has 1 aliphatic heterocycles. The summed E-state index contributed by atoms with van der Waals surface area (Å²) in [6.45, 7) is 4.84. The van der Waals surface area contributed by atoms with Crippen LogP contribution in [0.2, 0.25) is 0 Å². The van der Waals surface area contributed by atoms with E-state index in [1.807, 2.05) is 41.2 Å². The summed E-state index contributed by atoms with van der Waals surface area (Å²) in [7, 11) is 0. The van der Waals surface area contributed by atoms with E-state index in [0.717, 1.165) is 18.7 Å². The number of piperazine rings is 1. The van der Waals surface area contributed by atoms with Crippen molar-refractivity contribution in [1.82, 2.24) is 25.3 Å². The zero-order chi connectivity index (χ0) is 17.6. The number of benzene rings is 1. The zero-order valence-electron chi connectivity index (χ0n) is 14.3. The van der Waals surface area contributed by atoms with Gasteiger partial charge in [-0.3, -0.25) is 14.3 Å². The van der Waals surface area contributed by atoms with Crippen molar-refractivity contribution in [3.8, 4) is 0 Å². The van der Waals surface area contributed by atoms with Crippen LogP contribution in [0.5, 0.6) is 0 Å². The maximum absolute atomic E-state index is 12.4. The molecule has 7 heteroatoms. The monoisotopic (exact) mass is 341 g/mol. The molecule has 0 saturated carbocycles. The normalized spacial score (nSPS) is 15.7. The van der Waals surface area contributed by atoms with Gasteiger partial charge in [-0.25, -0.2) is 0 Å². The van der Waals surface area contributed by atoms with Crippen molar-refractivity contribution in [3.05, 3.63) is 53.9 Å². The van der Waals surface area contributed by atoms with Crippen LogP contribution in [0.1, 0.15) is 22.8 Å². The Morgan fingerprint density at radius 1 is 1.36 bits per heavy atom. The van der Waals surface area contributed by atoms with Gasteiger partial charge in [-0.15, -0.1) is 0 Å². The molecule has 1 aromatic carbocycles. The summed E-state index contributed by atoms with van der Waals surface area (Å²) in [4.78, 5) is 25.4. The highest BCUT2D eigenvalue weighted by Gasteiger charge is 2.22. The van der Waals surface area contributed by atoms with Crippen molar-refractivity contribution < 1.29 is 9.59 Å². The van der Waals surface area contributed by atoms with Gasteiger partial charge in [-0.05, 0) is 30.7 Å². The summed E-state index contributed by atoms with van der Waals surface area (Å²) in [5.41, 5.74) is 1.73. The molecule has 0 aliphatic carbocycles. The van der Waals surface area contributed by atoms with Crippen LogP contribution < -0.4 is 10.6 Å². The predicted molar refractivity (Wildman–Crippen MR) is 93.9 cm³/mol. The zero-order valence-corrected chi connectivity index (χ0v) is 14.3. The number of carbonyl (C=O) groups is 2. The Morgan fingerprint density at radius 2 is 2.16 bits per heavy atom.